The number of amides is 1. The molecule has 170 valence electrons. The molecule has 0 saturated carbocycles. The highest BCUT2D eigenvalue weighted by molar-refractivity contribution is 6.31. The second-order valence-corrected chi connectivity index (χ2v) is 8.58. The molecule has 0 fully saturated rings. The highest BCUT2D eigenvalue weighted by Gasteiger charge is 2.39. The topological polar surface area (TPSA) is 117 Å². The number of nitrogens with zero attached hydrogens (tertiary/aromatic N) is 3. The summed E-state index contributed by atoms with van der Waals surface area (Å²) in [7, 11) is -2.66. The minimum atomic E-state index is -2.66. The maximum Gasteiger partial charge on any atom is 0.252 e. The molecule has 3 aromatic heterocycles. The fraction of sp³-hybridized carbons (Fsp3) is 0.261. The number of hydrogen-bond donors (Lipinski definition) is 4. The molecule has 0 radical (unpaired) electrons. The Balaban J connectivity index is 1.50. The Labute approximate surface area is 198 Å². The molecular formula is C23H23ClN6O3. The quantitative estimate of drug-likeness (QED) is 0.344. The molecule has 4 aromatic rings. The molecule has 4 N–H and O–H groups in total. The van der Waals surface area contributed by atoms with E-state index in [1.165, 1.54) is 6.20 Å². The number of carbonyl (C=O) groups excluding carboxylic acids is 1. The molecule has 10 heteroatoms. The lowest BCUT2D eigenvalue weighted by molar-refractivity contribution is -0.121. The van der Waals surface area contributed by atoms with Crippen LogP contribution < -0.4 is 10.6 Å². The molecule has 1 amide bonds. The molecule has 33 heavy (non-hydrogen) atoms. The third kappa shape index (κ3) is 3.74. The summed E-state index contributed by atoms with van der Waals surface area (Å²) in [5, 5.41) is 22.3. The van der Waals surface area contributed by atoms with Gasteiger partial charge < -0.3 is 25.5 Å². The summed E-state index contributed by atoms with van der Waals surface area (Å²) in [6.07, 6.45) is 5.55. The number of aliphatic hydroxyl groups is 1. The molecule has 1 aliphatic rings. The van der Waals surface area contributed by atoms with Crippen LogP contribution in [0.3, 0.4) is 0 Å². The highest BCUT2D eigenvalue weighted by Crippen LogP contribution is 2.41. The van der Waals surface area contributed by atoms with Gasteiger partial charge in [0, 0.05) is 41.8 Å². The van der Waals surface area contributed by atoms with Crippen LogP contribution >= 0.6 is 11.6 Å². The average molecular weight is 470 g/mol. The number of hydrogen-bond acceptors (Lipinski definition) is 6. The second kappa shape index (κ2) is 8.18. The smallest absolute Gasteiger partial charge is 0.252 e. The van der Waals surface area contributed by atoms with Crippen molar-refractivity contribution in [1.82, 2.24) is 19.7 Å². The van der Waals surface area contributed by atoms with Gasteiger partial charge in [-0.1, -0.05) is 23.7 Å². The molecule has 1 unspecified atom stereocenters. The molecule has 0 saturated heterocycles. The number of pyridine rings is 1. The van der Waals surface area contributed by atoms with Crippen LogP contribution in [0.1, 0.15) is 33.8 Å². The number of methoxy groups -OCH3 is 1. The lowest BCUT2D eigenvalue weighted by Crippen LogP contribution is -2.53. The zero-order valence-electron chi connectivity index (χ0n) is 20.6. The van der Waals surface area contributed by atoms with E-state index in [0.29, 0.717) is 45.1 Å². The summed E-state index contributed by atoms with van der Waals surface area (Å²) >= 11 is 6.57. The van der Waals surface area contributed by atoms with Gasteiger partial charge in [-0.05, 0) is 24.6 Å². The lowest BCUT2D eigenvalue weighted by atomic mass is 9.95. The third-order valence-electron chi connectivity index (χ3n) is 5.80. The van der Waals surface area contributed by atoms with Crippen LogP contribution in [0.15, 0.2) is 49.1 Å². The predicted octanol–water partition coefficient (Wildman–Crippen LogP) is 3.31. The van der Waals surface area contributed by atoms with Gasteiger partial charge in [-0.3, -0.25) is 9.48 Å². The summed E-state index contributed by atoms with van der Waals surface area (Å²) < 4.78 is 28.7. The molecule has 0 spiro atoms. The molecule has 4 heterocycles. The number of benzene rings is 1. The number of aromatic amines is 1. The number of rotatable bonds is 6. The number of carbonyl (C=O) groups is 1. The monoisotopic (exact) mass is 469 g/mol. The zero-order valence-corrected chi connectivity index (χ0v) is 18.3. The minimum Gasteiger partial charge on any atom is -0.384 e. The van der Waals surface area contributed by atoms with E-state index in [2.05, 4.69) is 25.7 Å². The van der Waals surface area contributed by atoms with E-state index < -0.39 is 31.2 Å². The number of anilines is 2. The maximum atomic E-state index is 12.8. The van der Waals surface area contributed by atoms with Crippen molar-refractivity contribution in [1.29, 1.82) is 0 Å². The first-order valence-corrected chi connectivity index (χ1v) is 10.6. The highest BCUT2D eigenvalue weighted by atomic mass is 35.5. The van der Waals surface area contributed by atoms with Crippen LogP contribution in [0.5, 0.6) is 0 Å². The van der Waals surface area contributed by atoms with Gasteiger partial charge in [-0.25, -0.2) is 4.98 Å². The Bertz CT molecular complexity index is 1440. The van der Waals surface area contributed by atoms with Gasteiger partial charge in [0.2, 0.25) is 0 Å². The number of ether oxygens (including phenoxy) is 1. The summed E-state index contributed by atoms with van der Waals surface area (Å²) in [4.78, 5) is 20.2. The van der Waals surface area contributed by atoms with E-state index in [9.17, 15) is 9.90 Å². The van der Waals surface area contributed by atoms with Crippen LogP contribution in [-0.2, 0) is 16.1 Å². The number of nitrogens with one attached hydrogen (secondary N) is 3. The second-order valence-electron chi connectivity index (χ2n) is 8.18. The van der Waals surface area contributed by atoms with Gasteiger partial charge in [0.15, 0.2) is 0 Å². The SMILES string of the molecule is [2H]C([2H])([2H])OC[C@]1(C)Nc2c(cnc3[nH]cc(C(O)c4ccc(Cn5cccn5)cc4Cl)c23)NC1=O. The number of aliphatic hydroxyl groups excluding tert-OH is 1. The molecule has 1 aliphatic heterocycles. The largest absolute Gasteiger partial charge is 0.384 e. The molecular weight excluding hydrogens is 444 g/mol. The summed E-state index contributed by atoms with van der Waals surface area (Å²) in [5.74, 6) is -0.464. The normalized spacial score (nSPS) is 20.3. The van der Waals surface area contributed by atoms with E-state index in [0.717, 1.165) is 5.56 Å². The molecule has 9 nitrogen and oxygen atoms in total. The zero-order chi connectivity index (χ0) is 25.7. The summed E-state index contributed by atoms with van der Waals surface area (Å²) in [6.45, 7) is 1.68. The number of H-pyrrole nitrogens is 1. The summed E-state index contributed by atoms with van der Waals surface area (Å²) in [5.41, 5.74) is 1.88. The molecule has 5 rings (SSSR count). The fourth-order valence-corrected chi connectivity index (χ4v) is 4.34. The van der Waals surface area contributed by atoms with E-state index in [1.807, 2.05) is 18.3 Å². The predicted molar refractivity (Wildman–Crippen MR) is 125 cm³/mol. The number of halogens is 1. The van der Waals surface area contributed by atoms with Gasteiger partial charge >= 0.3 is 0 Å². The Morgan fingerprint density at radius 3 is 3.03 bits per heavy atom. The van der Waals surface area contributed by atoms with Crippen LogP contribution in [0.2, 0.25) is 5.02 Å². The van der Waals surface area contributed by atoms with Gasteiger partial charge in [0.1, 0.15) is 17.3 Å². The standard InChI is InChI=1S/C23H23ClN6O3/c1-23(12-33-2)22(32)28-17-10-26-21-18(19(17)29-23)15(9-25-21)20(31)14-5-4-13(8-16(14)24)11-30-7-3-6-27-30/h3-10,20,29,31H,11-12H2,1-2H3,(H,25,26)(H,28,32)/t20?,23-/m0/s1/i2D3. The van der Waals surface area contributed by atoms with Gasteiger partial charge in [0.25, 0.3) is 5.91 Å². The number of fused-ring (bicyclic) bond motifs is 3. The molecule has 0 bridgehead atoms. The van der Waals surface area contributed by atoms with Crippen molar-refractivity contribution in [2.75, 3.05) is 24.3 Å². The minimum absolute atomic E-state index is 0.386. The van der Waals surface area contributed by atoms with Crippen LogP contribution in [-0.4, -0.2) is 49.9 Å². The first-order valence-electron chi connectivity index (χ1n) is 11.7. The van der Waals surface area contributed by atoms with E-state index >= 15 is 0 Å². The molecule has 0 aliphatic carbocycles. The van der Waals surface area contributed by atoms with Gasteiger partial charge in [-0.15, -0.1) is 0 Å². The van der Waals surface area contributed by atoms with Crippen molar-refractivity contribution in [3.05, 3.63) is 70.8 Å². The Hall–Kier alpha value is -3.40. The molecule has 2 atom stereocenters. The van der Waals surface area contributed by atoms with Crippen molar-refractivity contribution < 1.29 is 18.8 Å². The van der Waals surface area contributed by atoms with Crippen LogP contribution in [0, 0.1) is 0 Å². The van der Waals surface area contributed by atoms with Crippen molar-refractivity contribution in [3.8, 4) is 0 Å². The van der Waals surface area contributed by atoms with Crippen molar-refractivity contribution in [2.24, 2.45) is 0 Å². The van der Waals surface area contributed by atoms with Crippen molar-refractivity contribution in [3.63, 3.8) is 0 Å². The molecule has 1 aromatic carbocycles. The lowest BCUT2D eigenvalue weighted by Gasteiger charge is -2.35. The van der Waals surface area contributed by atoms with Crippen molar-refractivity contribution in [2.45, 2.75) is 25.1 Å². The first kappa shape index (κ1) is 18.1. The van der Waals surface area contributed by atoms with Gasteiger partial charge in [-0.2, -0.15) is 5.10 Å². The Morgan fingerprint density at radius 1 is 1.39 bits per heavy atom. The van der Waals surface area contributed by atoms with E-state index in [4.69, 9.17) is 20.5 Å². The summed E-state index contributed by atoms with van der Waals surface area (Å²) in [6, 6.07) is 7.25. The van der Waals surface area contributed by atoms with E-state index in [-0.39, 0.29) is 0 Å². The van der Waals surface area contributed by atoms with Crippen LogP contribution in [0.25, 0.3) is 11.0 Å². The number of aromatic nitrogens is 4. The fourth-order valence-electron chi connectivity index (χ4n) is 4.04. The van der Waals surface area contributed by atoms with Gasteiger partial charge in [0.05, 0.1) is 40.2 Å². The third-order valence-corrected chi connectivity index (χ3v) is 6.13. The Morgan fingerprint density at radius 2 is 2.27 bits per heavy atom. The Kier molecular flexibility index (Phi) is 4.48. The first-order chi connectivity index (χ1) is 17.0. The van der Waals surface area contributed by atoms with Crippen LogP contribution in [0.4, 0.5) is 11.4 Å². The maximum absolute atomic E-state index is 12.8. The average Bonchev–Trinajstić information content (AvgIpc) is 3.48. The van der Waals surface area contributed by atoms with E-state index in [1.54, 1.807) is 36.1 Å². The van der Waals surface area contributed by atoms with Crippen molar-refractivity contribution >= 4 is 39.9 Å².